The third-order valence-corrected chi connectivity index (χ3v) is 7.30. The molecule has 2 aromatic carbocycles. The van der Waals surface area contributed by atoms with E-state index in [2.05, 4.69) is 10.6 Å². The highest BCUT2D eigenvalue weighted by Crippen LogP contribution is 2.38. The van der Waals surface area contributed by atoms with Gasteiger partial charge in [-0.1, -0.05) is 37.3 Å². The van der Waals surface area contributed by atoms with Crippen LogP contribution in [0.1, 0.15) is 49.4 Å². The summed E-state index contributed by atoms with van der Waals surface area (Å²) in [7, 11) is -3.98. The fourth-order valence-electron chi connectivity index (χ4n) is 3.90. The number of sulfonamides is 1. The highest BCUT2D eigenvalue weighted by Gasteiger charge is 2.38. The summed E-state index contributed by atoms with van der Waals surface area (Å²) >= 11 is 0. The molecule has 0 aliphatic carbocycles. The maximum atomic E-state index is 13.8. The summed E-state index contributed by atoms with van der Waals surface area (Å²) in [6, 6.07) is 12.0. The Kier molecular flexibility index (Phi) is 7.12. The lowest BCUT2D eigenvalue weighted by molar-refractivity contribution is -0.122. The first-order valence-electron chi connectivity index (χ1n) is 10.5. The zero-order valence-corrected chi connectivity index (χ0v) is 19.0. The van der Waals surface area contributed by atoms with Crippen molar-refractivity contribution in [3.05, 3.63) is 59.2 Å². The second-order valence-corrected chi connectivity index (χ2v) is 9.67. The van der Waals surface area contributed by atoms with Gasteiger partial charge in [-0.3, -0.25) is 9.59 Å². The minimum absolute atomic E-state index is 0.0392. The summed E-state index contributed by atoms with van der Waals surface area (Å²) in [4.78, 5) is 24.3. The molecule has 0 radical (unpaired) electrons. The SMILES string of the molecule is CCCNC(=O)C[C@@H]1c2ccccc2CCN1S(=O)(=O)c1cc(C)ccc1NC(C)=O. The molecule has 0 aromatic heterocycles. The second-order valence-electron chi connectivity index (χ2n) is 7.82. The Balaban J connectivity index is 2.05. The minimum atomic E-state index is -3.98. The fourth-order valence-corrected chi connectivity index (χ4v) is 5.74. The number of nitrogens with one attached hydrogen (secondary N) is 2. The Morgan fingerprint density at radius 3 is 2.61 bits per heavy atom. The van der Waals surface area contributed by atoms with Crippen LogP contribution in [0.15, 0.2) is 47.4 Å². The van der Waals surface area contributed by atoms with E-state index in [0.717, 1.165) is 23.1 Å². The molecule has 1 aliphatic rings. The van der Waals surface area contributed by atoms with Gasteiger partial charge in [0.25, 0.3) is 0 Å². The summed E-state index contributed by atoms with van der Waals surface area (Å²) in [6.07, 6.45) is 1.40. The van der Waals surface area contributed by atoms with Crippen LogP contribution in [0, 0.1) is 6.92 Å². The topological polar surface area (TPSA) is 95.6 Å². The maximum Gasteiger partial charge on any atom is 0.245 e. The van der Waals surface area contributed by atoms with Gasteiger partial charge in [0.05, 0.1) is 11.7 Å². The number of fused-ring (bicyclic) bond motifs is 1. The Morgan fingerprint density at radius 1 is 1.16 bits per heavy atom. The van der Waals surface area contributed by atoms with Crippen LogP contribution in [0.25, 0.3) is 0 Å². The van der Waals surface area contributed by atoms with Crippen molar-refractivity contribution in [2.24, 2.45) is 0 Å². The van der Waals surface area contributed by atoms with Crippen LogP contribution in [-0.4, -0.2) is 37.6 Å². The zero-order chi connectivity index (χ0) is 22.6. The molecule has 0 saturated carbocycles. The van der Waals surface area contributed by atoms with Crippen molar-refractivity contribution < 1.29 is 18.0 Å². The van der Waals surface area contributed by atoms with E-state index in [1.807, 2.05) is 31.2 Å². The fraction of sp³-hybridized carbons (Fsp3) is 0.391. The van der Waals surface area contributed by atoms with E-state index in [9.17, 15) is 18.0 Å². The lowest BCUT2D eigenvalue weighted by Gasteiger charge is -2.36. The Morgan fingerprint density at radius 2 is 1.90 bits per heavy atom. The van der Waals surface area contributed by atoms with Crippen LogP contribution in [0.4, 0.5) is 5.69 Å². The molecular formula is C23H29N3O4S. The van der Waals surface area contributed by atoms with Gasteiger partial charge in [0.1, 0.15) is 4.90 Å². The molecule has 1 heterocycles. The predicted octanol–water partition coefficient (Wildman–Crippen LogP) is 3.16. The average Bonchev–Trinajstić information content (AvgIpc) is 2.73. The molecule has 0 unspecified atom stereocenters. The van der Waals surface area contributed by atoms with E-state index < -0.39 is 16.1 Å². The molecule has 7 nitrogen and oxygen atoms in total. The van der Waals surface area contributed by atoms with Crippen LogP contribution in [-0.2, 0) is 26.0 Å². The average molecular weight is 444 g/mol. The predicted molar refractivity (Wildman–Crippen MR) is 120 cm³/mol. The van der Waals surface area contributed by atoms with E-state index in [4.69, 9.17) is 0 Å². The molecular weight excluding hydrogens is 414 g/mol. The largest absolute Gasteiger partial charge is 0.356 e. The van der Waals surface area contributed by atoms with Crippen molar-refractivity contribution >= 4 is 27.5 Å². The van der Waals surface area contributed by atoms with Crippen LogP contribution >= 0.6 is 0 Å². The summed E-state index contributed by atoms with van der Waals surface area (Å²) in [5, 5.41) is 5.48. The van der Waals surface area contributed by atoms with Gasteiger partial charge in [0.2, 0.25) is 21.8 Å². The standard InChI is InChI=1S/C23H29N3O4S/c1-4-12-24-23(28)15-21-19-8-6-5-7-18(19)11-13-26(21)31(29,30)22-14-16(2)9-10-20(22)25-17(3)27/h5-10,14,21H,4,11-13,15H2,1-3H3,(H,24,28)(H,25,27)/t21-/m1/s1. The number of hydrogen-bond acceptors (Lipinski definition) is 4. The van der Waals surface area contributed by atoms with Crippen molar-refractivity contribution in [1.82, 2.24) is 9.62 Å². The number of hydrogen-bond donors (Lipinski definition) is 2. The Hall–Kier alpha value is -2.71. The molecule has 0 spiro atoms. The van der Waals surface area contributed by atoms with Crippen molar-refractivity contribution in [3.63, 3.8) is 0 Å². The van der Waals surface area contributed by atoms with Gasteiger partial charge in [0.15, 0.2) is 0 Å². The molecule has 0 fully saturated rings. The number of aryl methyl sites for hydroxylation is 1. The molecule has 3 rings (SSSR count). The molecule has 8 heteroatoms. The number of anilines is 1. The maximum absolute atomic E-state index is 13.8. The monoisotopic (exact) mass is 443 g/mol. The third-order valence-electron chi connectivity index (χ3n) is 5.35. The molecule has 2 amide bonds. The van der Waals surface area contributed by atoms with E-state index in [-0.39, 0.29) is 35.4 Å². The number of nitrogens with zero attached hydrogens (tertiary/aromatic N) is 1. The Bertz CT molecular complexity index is 1080. The summed E-state index contributed by atoms with van der Waals surface area (Å²) < 4.78 is 29.0. The molecule has 1 atom stereocenters. The third kappa shape index (κ3) is 5.14. The van der Waals surface area contributed by atoms with E-state index in [1.165, 1.54) is 11.2 Å². The van der Waals surface area contributed by atoms with Crippen LogP contribution in [0.3, 0.4) is 0 Å². The second kappa shape index (κ2) is 9.62. The van der Waals surface area contributed by atoms with E-state index in [1.54, 1.807) is 25.1 Å². The molecule has 2 aromatic rings. The van der Waals surface area contributed by atoms with Gasteiger partial charge in [0, 0.05) is 26.4 Å². The van der Waals surface area contributed by atoms with Crippen molar-refractivity contribution in [2.75, 3.05) is 18.4 Å². The lowest BCUT2D eigenvalue weighted by Crippen LogP contribution is -2.42. The normalized spacial score (nSPS) is 16.4. The molecule has 1 aliphatic heterocycles. The summed E-state index contributed by atoms with van der Waals surface area (Å²) in [6.45, 7) is 5.92. The van der Waals surface area contributed by atoms with Crippen LogP contribution < -0.4 is 10.6 Å². The Labute approximate surface area is 183 Å². The number of carbonyl (C=O) groups excluding carboxylic acids is 2. The van der Waals surface area contributed by atoms with Gasteiger partial charge in [-0.2, -0.15) is 4.31 Å². The van der Waals surface area contributed by atoms with E-state index in [0.29, 0.717) is 13.0 Å². The van der Waals surface area contributed by atoms with E-state index >= 15 is 0 Å². The van der Waals surface area contributed by atoms with Crippen molar-refractivity contribution in [2.45, 2.75) is 51.0 Å². The van der Waals surface area contributed by atoms with Gasteiger partial charge >= 0.3 is 0 Å². The van der Waals surface area contributed by atoms with Gasteiger partial charge in [-0.15, -0.1) is 0 Å². The van der Waals surface area contributed by atoms with Gasteiger partial charge < -0.3 is 10.6 Å². The molecule has 0 saturated heterocycles. The van der Waals surface area contributed by atoms with Gasteiger partial charge in [-0.05, 0) is 48.6 Å². The highest BCUT2D eigenvalue weighted by atomic mass is 32.2. The first-order chi connectivity index (χ1) is 14.7. The van der Waals surface area contributed by atoms with Crippen LogP contribution in [0.5, 0.6) is 0 Å². The lowest BCUT2D eigenvalue weighted by atomic mass is 9.92. The molecule has 0 bridgehead atoms. The number of amides is 2. The first-order valence-corrected chi connectivity index (χ1v) is 11.9. The molecule has 2 N–H and O–H groups in total. The zero-order valence-electron chi connectivity index (χ0n) is 18.1. The molecule has 166 valence electrons. The van der Waals surface area contributed by atoms with Crippen molar-refractivity contribution in [3.8, 4) is 0 Å². The highest BCUT2D eigenvalue weighted by molar-refractivity contribution is 7.89. The number of benzene rings is 2. The first kappa shape index (κ1) is 23.0. The smallest absolute Gasteiger partial charge is 0.245 e. The van der Waals surface area contributed by atoms with Crippen molar-refractivity contribution in [1.29, 1.82) is 0 Å². The number of carbonyl (C=O) groups is 2. The summed E-state index contributed by atoms with van der Waals surface area (Å²) in [5.74, 6) is -0.533. The number of rotatable bonds is 7. The van der Waals surface area contributed by atoms with Crippen LogP contribution in [0.2, 0.25) is 0 Å². The van der Waals surface area contributed by atoms with Gasteiger partial charge in [-0.25, -0.2) is 8.42 Å². The minimum Gasteiger partial charge on any atom is -0.356 e. The summed E-state index contributed by atoms with van der Waals surface area (Å²) in [5.41, 5.74) is 2.90. The molecule has 31 heavy (non-hydrogen) atoms. The quantitative estimate of drug-likeness (QED) is 0.687.